The Labute approximate surface area is 165 Å². The number of ether oxygens (including phenoxy) is 1. The van der Waals surface area contributed by atoms with E-state index in [-0.39, 0.29) is 11.1 Å². The van der Waals surface area contributed by atoms with E-state index < -0.39 is 0 Å². The molecule has 0 saturated heterocycles. The predicted octanol–water partition coefficient (Wildman–Crippen LogP) is 5.44. The van der Waals surface area contributed by atoms with E-state index in [0.717, 1.165) is 24.8 Å². The van der Waals surface area contributed by atoms with E-state index in [1.165, 1.54) is 35.3 Å². The van der Waals surface area contributed by atoms with Crippen molar-refractivity contribution in [3.63, 3.8) is 0 Å². The molecule has 0 amide bonds. The quantitative estimate of drug-likeness (QED) is 0.707. The normalized spacial score (nSPS) is 23.9. The fourth-order valence-electron chi connectivity index (χ4n) is 4.50. The molecular weight excluding hydrogens is 352 g/mol. The molecule has 1 saturated carbocycles. The van der Waals surface area contributed by atoms with Gasteiger partial charge in [-0.2, -0.15) is 0 Å². The van der Waals surface area contributed by atoms with Gasteiger partial charge in [0.1, 0.15) is 11.1 Å². The lowest BCUT2D eigenvalue weighted by Gasteiger charge is -2.45. The van der Waals surface area contributed by atoms with Crippen molar-refractivity contribution in [2.75, 3.05) is 0 Å². The number of nitrogens with zero attached hydrogens (tertiary/aromatic N) is 1. The highest BCUT2D eigenvalue weighted by Crippen LogP contribution is 2.47. The van der Waals surface area contributed by atoms with E-state index in [1.54, 1.807) is 11.3 Å². The van der Waals surface area contributed by atoms with E-state index >= 15 is 0 Å². The van der Waals surface area contributed by atoms with Gasteiger partial charge < -0.3 is 10.5 Å². The van der Waals surface area contributed by atoms with Crippen molar-refractivity contribution in [3.05, 3.63) is 46.2 Å². The number of hydrogen-bond donors (Lipinski definition) is 1. The summed E-state index contributed by atoms with van der Waals surface area (Å²) in [5.74, 6) is 6.11. The molecule has 2 N–H and O–H groups in total. The van der Waals surface area contributed by atoms with Crippen LogP contribution in [0.15, 0.2) is 40.7 Å². The van der Waals surface area contributed by atoms with Crippen LogP contribution in [0.1, 0.15) is 62.8 Å². The molecule has 1 spiro atoms. The molecule has 27 heavy (non-hydrogen) atoms. The second-order valence-corrected chi connectivity index (χ2v) is 8.81. The monoisotopic (exact) mass is 378 g/mol. The van der Waals surface area contributed by atoms with Gasteiger partial charge in [0.15, 0.2) is 0 Å². The molecule has 1 fully saturated rings. The van der Waals surface area contributed by atoms with Crippen LogP contribution in [0.5, 0.6) is 0 Å². The van der Waals surface area contributed by atoms with Crippen LogP contribution in [0, 0.1) is 11.8 Å². The van der Waals surface area contributed by atoms with Gasteiger partial charge >= 0.3 is 0 Å². The van der Waals surface area contributed by atoms with Crippen molar-refractivity contribution in [1.82, 2.24) is 0 Å². The van der Waals surface area contributed by atoms with E-state index in [4.69, 9.17) is 15.5 Å². The SMILES string of the molecule is CC#Cc1cccc(-c2csc(C3(C)CC4(CCCCC4)OC(N)=N3)c2)c1. The zero-order chi connectivity index (χ0) is 18.9. The lowest BCUT2D eigenvalue weighted by Crippen LogP contribution is -2.49. The Kier molecular flexibility index (Phi) is 4.74. The van der Waals surface area contributed by atoms with Crippen LogP contribution in [0.25, 0.3) is 11.1 Å². The lowest BCUT2D eigenvalue weighted by molar-refractivity contribution is -0.0245. The fraction of sp³-hybridized carbons (Fsp3) is 0.435. The third kappa shape index (κ3) is 3.61. The van der Waals surface area contributed by atoms with E-state index in [1.807, 2.05) is 13.0 Å². The summed E-state index contributed by atoms with van der Waals surface area (Å²) in [7, 11) is 0. The molecule has 3 nitrogen and oxygen atoms in total. The zero-order valence-electron chi connectivity index (χ0n) is 16.0. The molecule has 0 radical (unpaired) electrons. The molecule has 2 heterocycles. The lowest BCUT2D eigenvalue weighted by atomic mass is 9.75. The van der Waals surface area contributed by atoms with Crippen molar-refractivity contribution in [2.24, 2.45) is 10.7 Å². The average Bonchev–Trinajstić information content (AvgIpc) is 3.13. The summed E-state index contributed by atoms with van der Waals surface area (Å²) in [5.41, 5.74) is 9.14. The molecule has 1 aliphatic carbocycles. The highest BCUT2D eigenvalue weighted by molar-refractivity contribution is 7.10. The number of rotatable bonds is 2. The van der Waals surface area contributed by atoms with Crippen molar-refractivity contribution >= 4 is 17.4 Å². The summed E-state index contributed by atoms with van der Waals surface area (Å²) >= 11 is 1.76. The van der Waals surface area contributed by atoms with Gasteiger partial charge in [-0.05, 0) is 74.2 Å². The molecule has 1 unspecified atom stereocenters. The topological polar surface area (TPSA) is 47.6 Å². The Morgan fingerprint density at radius 3 is 2.74 bits per heavy atom. The van der Waals surface area contributed by atoms with Gasteiger partial charge in [-0.25, -0.2) is 4.99 Å². The van der Waals surface area contributed by atoms with Crippen LogP contribution in [0.4, 0.5) is 0 Å². The van der Waals surface area contributed by atoms with Crippen molar-refractivity contribution in [3.8, 4) is 23.0 Å². The van der Waals surface area contributed by atoms with Crippen molar-refractivity contribution in [1.29, 1.82) is 0 Å². The summed E-state index contributed by atoms with van der Waals surface area (Å²) in [4.78, 5) is 6.00. The minimum atomic E-state index is -0.316. The van der Waals surface area contributed by atoms with Crippen LogP contribution >= 0.6 is 11.3 Å². The minimum absolute atomic E-state index is 0.139. The molecule has 4 rings (SSSR count). The van der Waals surface area contributed by atoms with E-state index in [9.17, 15) is 0 Å². The summed E-state index contributed by atoms with van der Waals surface area (Å²) in [6, 6.07) is 11.0. The molecule has 1 aromatic heterocycles. The molecule has 0 bridgehead atoms. The van der Waals surface area contributed by atoms with Gasteiger partial charge in [0.2, 0.25) is 0 Å². The average molecular weight is 379 g/mol. The van der Waals surface area contributed by atoms with Crippen molar-refractivity contribution < 1.29 is 4.74 Å². The van der Waals surface area contributed by atoms with Gasteiger partial charge in [0.05, 0.1) is 0 Å². The number of hydrogen-bond acceptors (Lipinski definition) is 4. The van der Waals surface area contributed by atoms with Crippen LogP contribution in [0.2, 0.25) is 0 Å². The first kappa shape index (κ1) is 18.1. The molecule has 1 atom stereocenters. The molecule has 1 aromatic carbocycles. The summed E-state index contributed by atoms with van der Waals surface area (Å²) in [6.07, 6.45) is 6.78. The Morgan fingerprint density at radius 1 is 1.15 bits per heavy atom. The largest absolute Gasteiger partial charge is 0.459 e. The molecule has 1 aliphatic heterocycles. The number of aliphatic imine (C=N–C) groups is 1. The standard InChI is InChI=1S/C23H26N2OS/c1-3-8-17-9-7-10-18(13-17)19-14-20(27-15-19)22(2)16-23(26-21(24)25-22)11-5-4-6-12-23/h7,9-10,13-15H,4-6,11-12,16H2,1-2H3,(H2,24,25). The maximum absolute atomic E-state index is 6.14. The van der Waals surface area contributed by atoms with Crippen LogP contribution in [-0.2, 0) is 10.3 Å². The van der Waals surface area contributed by atoms with Crippen LogP contribution in [-0.4, -0.2) is 11.6 Å². The fourth-order valence-corrected chi connectivity index (χ4v) is 5.52. The Bertz CT molecular complexity index is 927. The first-order valence-corrected chi connectivity index (χ1v) is 10.6. The predicted molar refractivity (Wildman–Crippen MR) is 113 cm³/mol. The second-order valence-electron chi connectivity index (χ2n) is 7.90. The molecule has 140 valence electrons. The van der Waals surface area contributed by atoms with Gasteiger partial charge in [-0.3, -0.25) is 0 Å². The summed E-state index contributed by atoms with van der Waals surface area (Å²) < 4.78 is 6.08. The Hall–Kier alpha value is -2.25. The molecule has 4 heteroatoms. The summed E-state index contributed by atoms with van der Waals surface area (Å²) in [6.45, 7) is 4.07. The van der Waals surface area contributed by atoms with Crippen molar-refractivity contribution in [2.45, 2.75) is 63.5 Å². The Morgan fingerprint density at radius 2 is 1.96 bits per heavy atom. The van der Waals surface area contributed by atoms with Gasteiger partial charge in [-0.15, -0.1) is 17.3 Å². The van der Waals surface area contributed by atoms with E-state index in [2.05, 4.69) is 48.4 Å². The highest BCUT2D eigenvalue weighted by atomic mass is 32.1. The zero-order valence-corrected chi connectivity index (χ0v) is 16.9. The minimum Gasteiger partial charge on any atom is -0.459 e. The van der Waals surface area contributed by atoms with Gasteiger partial charge in [0.25, 0.3) is 6.02 Å². The third-order valence-electron chi connectivity index (χ3n) is 5.70. The third-order valence-corrected chi connectivity index (χ3v) is 6.89. The molecule has 2 aromatic rings. The maximum Gasteiger partial charge on any atom is 0.283 e. The van der Waals surface area contributed by atoms with Crippen LogP contribution < -0.4 is 5.73 Å². The first-order chi connectivity index (χ1) is 13.0. The van der Waals surface area contributed by atoms with Gasteiger partial charge in [-0.1, -0.05) is 24.5 Å². The second kappa shape index (κ2) is 7.05. The maximum atomic E-state index is 6.14. The smallest absolute Gasteiger partial charge is 0.283 e. The number of thiophene rings is 1. The highest BCUT2D eigenvalue weighted by Gasteiger charge is 2.46. The summed E-state index contributed by atoms with van der Waals surface area (Å²) in [5, 5.41) is 2.22. The number of nitrogens with two attached hydrogens (primary N) is 1. The first-order valence-electron chi connectivity index (χ1n) is 9.69. The van der Waals surface area contributed by atoms with E-state index in [0.29, 0.717) is 6.02 Å². The van der Waals surface area contributed by atoms with Crippen LogP contribution in [0.3, 0.4) is 0 Å². The number of benzene rings is 1. The molecule has 2 aliphatic rings. The molecular formula is C23H26N2OS. The van der Waals surface area contributed by atoms with Gasteiger partial charge in [0, 0.05) is 16.9 Å². The number of amidine groups is 1. The Balaban J connectivity index is 1.66.